The summed E-state index contributed by atoms with van der Waals surface area (Å²) in [4.78, 5) is 18.8. The molecule has 0 saturated heterocycles. The summed E-state index contributed by atoms with van der Waals surface area (Å²) < 4.78 is 12.7. The topological polar surface area (TPSA) is 69.6 Å². The third kappa shape index (κ3) is 3.01. The Balaban J connectivity index is 1.78. The second-order valence-corrected chi connectivity index (χ2v) is 7.29. The van der Waals surface area contributed by atoms with Crippen LogP contribution >= 0.6 is 11.3 Å². The molecule has 0 aliphatic carbocycles. The van der Waals surface area contributed by atoms with E-state index >= 15 is 0 Å². The van der Waals surface area contributed by atoms with Gasteiger partial charge in [0.25, 0.3) is 5.56 Å². The standard InChI is InChI=1S/C22H15N3O3S/c1-27-18-9-4-10-19-16(18)12-20(28-19)21-24-17-8-3-2-7-15(17)22(26)25(21)23-13-14-6-5-11-29-14/h2-13H,1H3. The minimum Gasteiger partial charge on any atom is -0.496 e. The van der Waals surface area contributed by atoms with Crippen LogP contribution in [0.15, 0.2) is 80.4 Å². The maximum absolute atomic E-state index is 13.2. The summed E-state index contributed by atoms with van der Waals surface area (Å²) >= 11 is 1.54. The van der Waals surface area contributed by atoms with Crippen LogP contribution in [-0.4, -0.2) is 23.0 Å². The van der Waals surface area contributed by atoms with E-state index in [4.69, 9.17) is 9.15 Å². The highest BCUT2D eigenvalue weighted by Gasteiger charge is 2.17. The minimum atomic E-state index is -0.258. The molecule has 0 N–H and O–H groups in total. The van der Waals surface area contributed by atoms with Crippen LogP contribution < -0.4 is 10.3 Å². The minimum absolute atomic E-state index is 0.258. The average Bonchev–Trinajstić information content (AvgIpc) is 3.42. The maximum atomic E-state index is 13.2. The maximum Gasteiger partial charge on any atom is 0.282 e. The quantitative estimate of drug-likeness (QED) is 0.407. The monoisotopic (exact) mass is 401 g/mol. The number of methoxy groups -OCH3 is 1. The summed E-state index contributed by atoms with van der Waals surface area (Å²) in [5.41, 5.74) is 0.976. The van der Waals surface area contributed by atoms with E-state index in [2.05, 4.69) is 10.1 Å². The van der Waals surface area contributed by atoms with Crippen LogP contribution in [0.2, 0.25) is 0 Å². The van der Waals surface area contributed by atoms with Gasteiger partial charge in [-0.2, -0.15) is 9.78 Å². The van der Waals surface area contributed by atoms with Crippen molar-refractivity contribution < 1.29 is 9.15 Å². The van der Waals surface area contributed by atoms with Crippen molar-refractivity contribution in [2.24, 2.45) is 5.10 Å². The van der Waals surface area contributed by atoms with Crippen LogP contribution in [0.3, 0.4) is 0 Å². The number of thiophene rings is 1. The zero-order chi connectivity index (χ0) is 19.8. The molecule has 0 aliphatic heterocycles. The fourth-order valence-electron chi connectivity index (χ4n) is 3.19. The van der Waals surface area contributed by atoms with Crippen LogP contribution in [-0.2, 0) is 0 Å². The zero-order valence-corrected chi connectivity index (χ0v) is 16.2. The summed E-state index contributed by atoms with van der Waals surface area (Å²) in [6.45, 7) is 0. The Kier molecular flexibility index (Phi) is 4.22. The van der Waals surface area contributed by atoms with Gasteiger partial charge in [-0.1, -0.05) is 24.3 Å². The van der Waals surface area contributed by atoms with Crippen molar-refractivity contribution in [3.8, 4) is 17.3 Å². The Morgan fingerprint density at radius 3 is 2.83 bits per heavy atom. The largest absolute Gasteiger partial charge is 0.496 e. The molecule has 0 fully saturated rings. The summed E-state index contributed by atoms with van der Waals surface area (Å²) in [6.07, 6.45) is 1.65. The molecule has 0 amide bonds. The SMILES string of the molecule is COc1cccc2oc(-c3nc4ccccc4c(=O)n3N=Cc3cccs3)cc12. The van der Waals surface area contributed by atoms with Crippen LogP contribution in [0.4, 0.5) is 0 Å². The summed E-state index contributed by atoms with van der Waals surface area (Å²) in [5, 5.41) is 7.68. The van der Waals surface area contributed by atoms with Crippen molar-refractivity contribution in [2.45, 2.75) is 0 Å². The summed E-state index contributed by atoms with van der Waals surface area (Å²) in [7, 11) is 1.61. The predicted octanol–water partition coefficient (Wildman–Crippen LogP) is 4.76. The lowest BCUT2D eigenvalue weighted by Gasteiger charge is -2.06. The number of nitrogens with zero attached hydrogens (tertiary/aromatic N) is 3. The van der Waals surface area contributed by atoms with Crippen LogP contribution in [0, 0.1) is 0 Å². The zero-order valence-electron chi connectivity index (χ0n) is 15.4. The number of hydrogen-bond acceptors (Lipinski definition) is 6. The molecule has 2 aromatic carbocycles. The predicted molar refractivity (Wildman–Crippen MR) is 115 cm³/mol. The van der Waals surface area contributed by atoms with E-state index in [9.17, 15) is 4.79 Å². The van der Waals surface area contributed by atoms with Crippen molar-refractivity contribution in [3.63, 3.8) is 0 Å². The van der Waals surface area contributed by atoms with Gasteiger partial charge in [0.1, 0.15) is 11.3 Å². The van der Waals surface area contributed by atoms with E-state index < -0.39 is 0 Å². The van der Waals surface area contributed by atoms with Gasteiger partial charge in [-0.05, 0) is 41.8 Å². The molecule has 7 heteroatoms. The van der Waals surface area contributed by atoms with Crippen molar-refractivity contribution in [1.82, 2.24) is 9.66 Å². The lowest BCUT2D eigenvalue weighted by molar-refractivity contribution is 0.419. The van der Waals surface area contributed by atoms with E-state index in [-0.39, 0.29) is 5.56 Å². The molecule has 0 atom stereocenters. The molecular formula is C22H15N3O3S. The third-order valence-corrected chi connectivity index (χ3v) is 5.37. The van der Waals surface area contributed by atoms with Crippen molar-refractivity contribution >= 4 is 39.4 Å². The number of fused-ring (bicyclic) bond motifs is 2. The molecule has 0 saturated carbocycles. The van der Waals surface area contributed by atoms with Crippen LogP contribution in [0.1, 0.15) is 4.88 Å². The first-order valence-corrected chi connectivity index (χ1v) is 9.79. The third-order valence-electron chi connectivity index (χ3n) is 4.56. The molecule has 0 unspecified atom stereocenters. The molecule has 0 spiro atoms. The fourth-order valence-corrected chi connectivity index (χ4v) is 3.77. The average molecular weight is 401 g/mol. The molecule has 6 nitrogen and oxygen atoms in total. The molecule has 3 aromatic heterocycles. The number of aromatic nitrogens is 2. The van der Waals surface area contributed by atoms with Gasteiger partial charge in [0.15, 0.2) is 5.76 Å². The Morgan fingerprint density at radius 2 is 2.00 bits per heavy atom. The van der Waals surface area contributed by atoms with Gasteiger partial charge in [-0.15, -0.1) is 11.3 Å². The van der Waals surface area contributed by atoms with E-state index in [0.717, 1.165) is 10.3 Å². The van der Waals surface area contributed by atoms with Crippen molar-refractivity contribution in [1.29, 1.82) is 0 Å². The molecule has 0 radical (unpaired) electrons. The Hall–Kier alpha value is -3.71. The van der Waals surface area contributed by atoms with Gasteiger partial charge in [-0.25, -0.2) is 4.98 Å². The van der Waals surface area contributed by atoms with E-state index in [1.54, 1.807) is 25.5 Å². The number of furan rings is 1. The van der Waals surface area contributed by atoms with E-state index in [0.29, 0.717) is 33.8 Å². The lowest BCUT2D eigenvalue weighted by atomic mass is 10.2. The van der Waals surface area contributed by atoms with Gasteiger partial charge >= 0.3 is 0 Å². The highest BCUT2D eigenvalue weighted by atomic mass is 32.1. The van der Waals surface area contributed by atoms with Gasteiger partial charge in [0, 0.05) is 4.88 Å². The highest BCUT2D eigenvalue weighted by molar-refractivity contribution is 7.11. The van der Waals surface area contributed by atoms with Crippen LogP contribution in [0.5, 0.6) is 5.75 Å². The molecule has 0 bridgehead atoms. The number of hydrogen-bond donors (Lipinski definition) is 0. The molecule has 0 aliphatic rings. The van der Waals surface area contributed by atoms with Gasteiger partial charge in [0.2, 0.25) is 5.82 Å². The summed E-state index contributed by atoms with van der Waals surface area (Å²) in [5.74, 6) is 1.46. The number of rotatable bonds is 4. The van der Waals surface area contributed by atoms with E-state index in [1.165, 1.54) is 16.0 Å². The normalized spacial score (nSPS) is 11.6. The molecule has 3 heterocycles. The van der Waals surface area contributed by atoms with Crippen molar-refractivity contribution in [3.05, 3.63) is 81.3 Å². The Morgan fingerprint density at radius 1 is 1.10 bits per heavy atom. The first-order valence-electron chi connectivity index (χ1n) is 8.91. The Labute approximate surface area is 169 Å². The van der Waals surface area contributed by atoms with Crippen molar-refractivity contribution in [2.75, 3.05) is 7.11 Å². The second kappa shape index (κ2) is 7.03. The number of para-hydroxylation sites is 1. The van der Waals surface area contributed by atoms with E-state index in [1.807, 2.05) is 53.9 Å². The molecule has 5 aromatic rings. The molecular weight excluding hydrogens is 386 g/mol. The molecule has 5 rings (SSSR count). The van der Waals surface area contributed by atoms with Crippen LogP contribution in [0.25, 0.3) is 33.5 Å². The fraction of sp³-hybridized carbons (Fsp3) is 0.0455. The highest BCUT2D eigenvalue weighted by Crippen LogP contribution is 2.32. The lowest BCUT2D eigenvalue weighted by Crippen LogP contribution is -2.20. The smallest absolute Gasteiger partial charge is 0.282 e. The van der Waals surface area contributed by atoms with Gasteiger partial charge < -0.3 is 9.15 Å². The summed E-state index contributed by atoms with van der Waals surface area (Å²) in [6, 6.07) is 18.4. The second-order valence-electron chi connectivity index (χ2n) is 6.31. The number of ether oxygens (including phenoxy) is 1. The number of benzene rings is 2. The molecule has 29 heavy (non-hydrogen) atoms. The molecule has 142 valence electrons. The van der Waals surface area contributed by atoms with Gasteiger partial charge in [0.05, 0.1) is 29.6 Å². The first kappa shape index (κ1) is 17.4. The Bertz CT molecular complexity index is 1410. The first-order chi connectivity index (χ1) is 14.2. The van der Waals surface area contributed by atoms with Gasteiger partial charge in [-0.3, -0.25) is 4.79 Å².